The van der Waals surface area contributed by atoms with Crippen molar-refractivity contribution in [2.24, 2.45) is 5.41 Å². The van der Waals surface area contributed by atoms with Crippen molar-refractivity contribution in [3.05, 3.63) is 34.6 Å². The van der Waals surface area contributed by atoms with Crippen LogP contribution in [0.5, 0.6) is 0 Å². The van der Waals surface area contributed by atoms with Crippen molar-refractivity contribution in [1.82, 2.24) is 5.32 Å². The molecule has 0 bridgehead atoms. The van der Waals surface area contributed by atoms with E-state index < -0.39 is 11.7 Å². The maximum atomic E-state index is 13.7. The minimum atomic E-state index is -0.724. The number of benzene rings is 1. The van der Waals surface area contributed by atoms with Gasteiger partial charge in [-0.1, -0.05) is 38.4 Å². The summed E-state index contributed by atoms with van der Waals surface area (Å²) in [7, 11) is 0. The standard InChI is InChI=1S/C14H19ClFNO2/c1-14(2,3)11(7-8-18)17-13(19)9-5-4-6-10(15)12(9)16/h4-6,11,18H,7-8H2,1-3H3,(H,17,19). The maximum Gasteiger partial charge on any atom is 0.254 e. The van der Waals surface area contributed by atoms with Crippen molar-refractivity contribution in [2.75, 3.05) is 6.61 Å². The zero-order chi connectivity index (χ0) is 14.6. The summed E-state index contributed by atoms with van der Waals surface area (Å²) < 4.78 is 13.7. The highest BCUT2D eigenvalue weighted by molar-refractivity contribution is 6.31. The number of hydrogen-bond donors (Lipinski definition) is 2. The summed E-state index contributed by atoms with van der Waals surface area (Å²) in [4.78, 5) is 12.1. The topological polar surface area (TPSA) is 49.3 Å². The Morgan fingerprint density at radius 1 is 1.47 bits per heavy atom. The second kappa shape index (κ2) is 6.35. The Balaban J connectivity index is 2.91. The molecule has 0 aliphatic heterocycles. The van der Waals surface area contributed by atoms with E-state index in [2.05, 4.69) is 5.32 Å². The van der Waals surface area contributed by atoms with Crippen LogP contribution >= 0.6 is 11.6 Å². The molecule has 0 aliphatic carbocycles. The monoisotopic (exact) mass is 287 g/mol. The second-order valence-electron chi connectivity index (χ2n) is 5.51. The lowest BCUT2D eigenvalue weighted by atomic mass is 9.84. The number of nitrogens with one attached hydrogen (secondary N) is 1. The van der Waals surface area contributed by atoms with E-state index in [1.165, 1.54) is 18.2 Å². The van der Waals surface area contributed by atoms with Crippen LogP contribution in [0.15, 0.2) is 18.2 Å². The predicted octanol–water partition coefficient (Wildman–Crippen LogP) is 3.01. The fraction of sp³-hybridized carbons (Fsp3) is 0.500. The van der Waals surface area contributed by atoms with Gasteiger partial charge in [-0.05, 0) is 24.0 Å². The van der Waals surface area contributed by atoms with E-state index in [0.717, 1.165) is 0 Å². The van der Waals surface area contributed by atoms with Crippen molar-refractivity contribution >= 4 is 17.5 Å². The van der Waals surface area contributed by atoms with Crippen LogP contribution in [0.2, 0.25) is 5.02 Å². The van der Waals surface area contributed by atoms with Gasteiger partial charge in [0.2, 0.25) is 0 Å². The van der Waals surface area contributed by atoms with E-state index in [4.69, 9.17) is 16.7 Å². The molecule has 19 heavy (non-hydrogen) atoms. The normalized spacial score (nSPS) is 13.2. The number of aliphatic hydroxyl groups is 1. The minimum Gasteiger partial charge on any atom is -0.396 e. The average Bonchev–Trinajstić information content (AvgIpc) is 2.30. The van der Waals surface area contributed by atoms with Crippen molar-refractivity contribution in [3.8, 4) is 0 Å². The smallest absolute Gasteiger partial charge is 0.254 e. The first-order valence-corrected chi connectivity index (χ1v) is 6.51. The van der Waals surface area contributed by atoms with Crippen LogP contribution in [0.1, 0.15) is 37.6 Å². The molecule has 1 unspecified atom stereocenters. The molecule has 1 rings (SSSR count). The lowest BCUT2D eigenvalue weighted by Crippen LogP contribution is -2.44. The molecule has 0 spiro atoms. The number of rotatable bonds is 4. The largest absolute Gasteiger partial charge is 0.396 e. The predicted molar refractivity (Wildman–Crippen MR) is 73.8 cm³/mol. The van der Waals surface area contributed by atoms with Crippen LogP contribution in [0.25, 0.3) is 0 Å². The Labute approximate surface area is 117 Å². The molecule has 1 amide bonds. The van der Waals surface area contributed by atoms with Crippen LogP contribution in [0, 0.1) is 11.2 Å². The molecule has 3 nitrogen and oxygen atoms in total. The number of carbonyl (C=O) groups is 1. The lowest BCUT2D eigenvalue weighted by Gasteiger charge is -2.31. The summed E-state index contributed by atoms with van der Waals surface area (Å²) in [5, 5.41) is 11.7. The average molecular weight is 288 g/mol. The SMILES string of the molecule is CC(C)(C)C(CCO)NC(=O)c1cccc(Cl)c1F. The highest BCUT2D eigenvalue weighted by Crippen LogP contribution is 2.23. The second-order valence-corrected chi connectivity index (χ2v) is 5.91. The summed E-state index contributed by atoms with van der Waals surface area (Å²) in [5.41, 5.74) is -0.312. The third kappa shape index (κ3) is 4.18. The van der Waals surface area contributed by atoms with E-state index in [1.807, 2.05) is 20.8 Å². The Kier molecular flexibility index (Phi) is 5.32. The van der Waals surface area contributed by atoms with Crippen molar-refractivity contribution < 1.29 is 14.3 Å². The number of carbonyl (C=O) groups excluding carboxylic acids is 1. The lowest BCUT2D eigenvalue weighted by molar-refractivity contribution is 0.0881. The van der Waals surface area contributed by atoms with Crippen molar-refractivity contribution in [2.45, 2.75) is 33.2 Å². The number of hydrogen-bond acceptors (Lipinski definition) is 2. The fourth-order valence-electron chi connectivity index (χ4n) is 1.77. The maximum absolute atomic E-state index is 13.7. The Bertz CT molecular complexity index is 457. The Hall–Kier alpha value is -1.13. The fourth-order valence-corrected chi connectivity index (χ4v) is 1.94. The van der Waals surface area contributed by atoms with Crippen LogP contribution in [0.4, 0.5) is 4.39 Å². The first-order valence-electron chi connectivity index (χ1n) is 6.13. The van der Waals surface area contributed by atoms with E-state index in [-0.39, 0.29) is 28.6 Å². The zero-order valence-electron chi connectivity index (χ0n) is 11.3. The summed E-state index contributed by atoms with van der Waals surface area (Å²) in [6.45, 7) is 5.80. The van der Waals surface area contributed by atoms with Gasteiger partial charge in [0.15, 0.2) is 5.82 Å². The molecule has 1 aromatic carbocycles. The van der Waals surface area contributed by atoms with E-state index >= 15 is 0 Å². The molecule has 0 heterocycles. The molecule has 5 heteroatoms. The van der Waals surface area contributed by atoms with Crippen molar-refractivity contribution in [1.29, 1.82) is 0 Å². The summed E-state index contributed by atoms with van der Waals surface area (Å²) >= 11 is 5.65. The molecule has 0 saturated carbocycles. The van der Waals surface area contributed by atoms with Crippen LogP contribution in [0.3, 0.4) is 0 Å². The summed E-state index contributed by atoms with van der Waals surface area (Å²) in [6, 6.07) is 4.06. The number of amides is 1. The summed E-state index contributed by atoms with van der Waals surface area (Å²) in [6.07, 6.45) is 0.414. The molecule has 0 aromatic heterocycles. The van der Waals surface area contributed by atoms with Gasteiger partial charge < -0.3 is 10.4 Å². The number of halogens is 2. The van der Waals surface area contributed by atoms with Crippen LogP contribution < -0.4 is 5.32 Å². The minimum absolute atomic E-state index is 0.0414. The van der Waals surface area contributed by atoms with Crippen LogP contribution in [-0.2, 0) is 0 Å². The molecular weight excluding hydrogens is 269 g/mol. The van der Waals surface area contributed by atoms with Gasteiger partial charge >= 0.3 is 0 Å². The van der Waals surface area contributed by atoms with Gasteiger partial charge in [-0.2, -0.15) is 0 Å². The highest BCUT2D eigenvalue weighted by Gasteiger charge is 2.27. The zero-order valence-corrected chi connectivity index (χ0v) is 12.1. The van der Waals surface area contributed by atoms with Gasteiger partial charge in [0.25, 0.3) is 5.91 Å². The molecule has 0 aliphatic rings. The highest BCUT2D eigenvalue weighted by atomic mass is 35.5. The van der Waals surface area contributed by atoms with Gasteiger partial charge in [0.1, 0.15) is 0 Å². The third-order valence-corrected chi connectivity index (χ3v) is 3.26. The molecule has 0 radical (unpaired) electrons. The van der Waals surface area contributed by atoms with Gasteiger partial charge in [0.05, 0.1) is 10.6 Å². The van der Waals surface area contributed by atoms with Gasteiger partial charge in [0, 0.05) is 12.6 Å². The van der Waals surface area contributed by atoms with Crippen LogP contribution in [-0.4, -0.2) is 23.7 Å². The van der Waals surface area contributed by atoms with Gasteiger partial charge in [-0.3, -0.25) is 4.79 Å². The van der Waals surface area contributed by atoms with Gasteiger partial charge in [-0.15, -0.1) is 0 Å². The van der Waals surface area contributed by atoms with E-state index in [9.17, 15) is 9.18 Å². The molecule has 0 fully saturated rings. The quantitative estimate of drug-likeness (QED) is 0.894. The molecule has 0 saturated heterocycles. The summed E-state index contributed by atoms with van der Waals surface area (Å²) in [5.74, 6) is -1.24. The van der Waals surface area contributed by atoms with E-state index in [0.29, 0.717) is 6.42 Å². The van der Waals surface area contributed by atoms with E-state index in [1.54, 1.807) is 0 Å². The molecule has 106 valence electrons. The molecule has 2 N–H and O–H groups in total. The third-order valence-electron chi connectivity index (χ3n) is 2.96. The Morgan fingerprint density at radius 2 is 2.11 bits per heavy atom. The Morgan fingerprint density at radius 3 is 2.63 bits per heavy atom. The van der Waals surface area contributed by atoms with Gasteiger partial charge in [-0.25, -0.2) is 4.39 Å². The molecule has 1 atom stereocenters. The molecular formula is C14H19ClFNO2. The van der Waals surface area contributed by atoms with Crippen molar-refractivity contribution in [3.63, 3.8) is 0 Å². The molecule has 1 aromatic rings. The first kappa shape index (κ1) is 15.9. The first-order chi connectivity index (χ1) is 8.77. The number of aliphatic hydroxyl groups excluding tert-OH is 1.